The van der Waals surface area contributed by atoms with Gasteiger partial charge in [-0.3, -0.25) is 0 Å². The van der Waals surface area contributed by atoms with Crippen molar-refractivity contribution in [3.63, 3.8) is 0 Å². The second-order valence-corrected chi connectivity index (χ2v) is 22.5. The van der Waals surface area contributed by atoms with Crippen molar-refractivity contribution in [2.24, 2.45) is 0 Å². The maximum Gasteiger partial charge on any atom is 0.407 e. The van der Waals surface area contributed by atoms with Gasteiger partial charge in [-0.05, 0) is 148 Å². The van der Waals surface area contributed by atoms with Gasteiger partial charge in [-0.15, -0.1) is 0 Å². The third-order valence-electron chi connectivity index (χ3n) is 10.6. The van der Waals surface area contributed by atoms with Gasteiger partial charge in [0.25, 0.3) is 20.0 Å². The lowest BCUT2D eigenvalue weighted by Crippen LogP contribution is -2.52. The number of benzene rings is 6. The first-order valence-electron chi connectivity index (χ1n) is 24.2. The Hall–Kier alpha value is -7.20. The number of hydroxylamine groups is 1. The Morgan fingerprint density at radius 3 is 1.46 bits per heavy atom. The molecule has 0 radical (unpaired) electrons. The number of methoxy groups -OCH3 is 2. The predicted molar refractivity (Wildman–Crippen MR) is 287 cm³/mol. The minimum atomic E-state index is -4.23. The van der Waals surface area contributed by atoms with Gasteiger partial charge >= 0.3 is 12.2 Å². The van der Waals surface area contributed by atoms with Crippen molar-refractivity contribution in [2.45, 2.75) is 99.7 Å². The van der Waals surface area contributed by atoms with Gasteiger partial charge in [0, 0.05) is 0 Å². The molecule has 2 amide bonds. The maximum absolute atomic E-state index is 13.6. The fourth-order valence-electron chi connectivity index (χ4n) is 6.82. The van der Waals surface area contributed by atoms with Crippen LogP contribution in [0.4, 0.5) is 9.59 Å². The summed E-state index contributed by atoms with van der Waals surface area (Å²) in [6.07, 6.45) is -1.39. The van der Waals surface area contributed by atoms with Crippen LogP contribution in [0.5, 0.6) is 23.0 Å². The smallest absolute Gasteiger partial charge is 0.407 e. The molecule has 1 aliphatic rings. The van der Waals surface area contributed by atoms with Crippen LogP contribution in [0.1, 0.15) is 52.7 Å². The number of nitrogens with zero attached hydrogens (tertiary/aromatic N) is 1. The molecule has 2 unspecified atom stereocenters. The summed E-state index contributed by atoms with van der Waals surface area (Å²) >= 11 is 0. The Labute approximate surface area is 446 Å². The summed E-state index contributed by atoms with van der Waals surface area (Å²) in [5, 5.41) is 16.9. The van der Waals surface area contributed by atoms with Crippen LogP contribution in [0.15, 0.2) is 180 Å². The molecule has 0 bridgehead atoms. The van der Waals surface area contributed by atoms with Crippen molar-refractivity contribution in [1.29, 1.82) is 0 Å². The van der Waals surface area contributed by atoms with E-state index in [1.807, 2.05) is 87.5 Å². The third-order valence-corrected chi connectivity index (χ3v) is 13.4. The van der Waals surface area contributed by atoms with Crippen LogP contribution in [0.25, 0.3) is 0 Å². The summed E-state index contributed by atoms with van der Waals surface area (Å²) in [5.74, 6) is 1.75. The topological polar surface area (TPSA) is 230 Å². The first kappa shape index (κ1) is 59.7. The van der Waals surface area contributed by atoms with Crippen LogP contribution < -0.4 is 34.7 Å². The highest BCUT2D eigenvalue weighted by Crippen LogP contribution is 2.24. The van der Waals surface area contributed by atoms with Crippen LogP contribution in [-0.2, 0) is 47.1 Å². The van der Waals surface area contributed by atoms with E-state index in [-0.39, 0.29) is 40.2 Å². The van der Waals surface area contributed by atoms with Gasteiger partial charge in [-0.2, -0.15) is 0 Å². The molecule has 0 spiro atoms. The van der Waals surface area contributed by atoms with E-state index in [2.05, 4.69) is 15.5 Å². The van der Waals surface area contributed by atoms with E-state index in [1.165, 1.54) is 56.2 Å². The zero-order chi connectivity index (χ0) is 55.4. The molecule has 1 saturated heterocycles. The number of carbonyl (C=O) groups excluding carboxylic acids is 2. The van der Waals surface area contributed by atoms with Crippen LogP contribution >= 0.6 is 0 Å². The lowest BCUT2D eigenvalue weighted by molar-refractivity contribution is -0.0165. The van der Waals surface area contributed by atoms with Crippen LogP contribution in [0.3, 0.4) is 0 Å². The summed E-state index contributed by atoms with van der Waals surface area (Å²) in [6, 6.07) is 47.2. The first-order chi connectivity index (χ1) is 36.0. The molecule has 1 fully saturated rings. The highest BCUT2D eigenvalue weighted by atomic mass is 32.2. The third kappa shape index (κ3) is 20.8. The maximum atomic E-state index is 13.6. The SMILES string of the molecule is CC(C)(C)OC(=O)NC(Cc1ccccc1)C1CO1.COc1ccc(S(=O)(=O)N(C[C@@H](O)[C@H](Cc2ccccc2)NC(=O)OC(C)(C)C)Oc2ccccc2)cc1.COc1ccc(S(=O)(=O)NOc2ccccc2)cc1. The molecule has 20 heteroatoms. The minimum Gasteiger partial charge on any atom is -0.497 e. The van der Waals surface area contributed by atoms with E-state index in [4.69, 9.17) is 33.4 Å². The highest BCUT2D eigenvalue weighted by Gasteiger charge is 2.36. The Balaban J connectivity index is 0.000000234. The van der Waals surface area contributed by atoms with Crippen molar-refractivity contribution in [3.8, 4) is 23.0 Å². The summed E-state index contributed by atoms with van der Waals surface area (Å²) in [5.41, 5.74) is 0.776. The molecule has 6 aromatic carbocycles. The zero-order valence-electron chi connectivity index (χ0n) is 43.8. The van der Waals surface area contributed by atoms with E-state index < -0.39 is 56.0 Å². The molecular weight excluding hydrogens is 1020 g/mol. The number of carbonyl (C=O) groups is 2. The molecule has 18 nitrogen and oxygen atoms in total. The van der Waals surface area contributed by atoms with Crippen LogP contribution in [0.2, 0.25) is 0 Å². The molecule has 1 aliphatic heterocycles. The Bertz CT molecular complexity index is 2910. The standard InChI is InChI=1S/C28H34N2O7S.C15H21NO3.C13H13NO4S/c1-28(2,3)36-27(32)29-25(19-21-11-7-5-8-12-21)26(31)20-30(37-23-13-9-6-10-14-23)38(33,34)24-17-15-22(35-4)16-18-24;1-15(2,3)19-14(17)16-12(13-10-18-13)9-11-7-5-4-6-8-11;1-17-11-7-9-13(10-8-11)19(15,16)14-18-12-5-3-2-4-6-12/h5-18,25-26,31H,19-20H2,1-4H3,(H,29,32);4-8,12-13H,9-10H2,1-3H3,(H,16,17);2-10,14H,1H3/t25-,26+;;/m0../s1. The molecular formula is C56H68N4O14S2. The average molecular weight is 1090 g/mol. The molecule has 7 rings (SSSR count). The number of ether oxygens (including phenoxy) is 5. The number of para-hydroxylation sites is 2. The molecule has 0 saturated carbocycles. The lowest BCUT2D eigenvalue weighted by atomic mass is 10.0. The average Bonchev–Trinajstić information content (AvgIpc) is 4.24. The highest BCUT2D eigenvalue weighted by molar-refractivity contribution is 7.89. The Morgan fingerprint density at radius 2 is 1.01 bits per heavy atom. The van der Waals surface area contributed by atoms with E-state index >= 15 is 0 Å². The first-order valence-corrected chi connectivity index (χ1v) is 27.1. The molecule has 76 heavy (non-hydrogen) atoms. The zero-order valence-corrected chi connectivity index (χ0v) is 45.5. The number of amides is 2. The van der Waals surface area contributed by atoms with E-state index in [1.54, 1.807) is 87.5 Å². The van der Waals surface area contributed by atoms with E-state index in [0.29, 0.717) is 23.9 Å². The lowest BCUT2D eigenvalue weighted by Gasteiger charge is -2.30. The van der Waals surface area contributed by atoms with Gasteiger partial charge in [-0.25, -0.2) is 26.4 Å². The fraction of sp³-hybridized carbons (Fsp3) is 0.321. The van der Waals surface area contributed by atoms with Crippen molar-refractivity contribution >= 4 is 32.2 Å². The van der Waals surface area contributed by atoms with Crippen LogP contribution in [0, 0.1) is 0 Å². The molecule has 1 heterocycles. The number of epoxide rings is 1. The van der Waals surface area contributed by atoms with E-state index in [9.17, 15) is 31.5 Å². The number of sulfonamides is 2. The van der Waals surface area contributed by atoms with Gasteiger partial charge in [0.15, 0.2) is 0 Å². The monoisotopic (exact) mass is 1080 g/mol. The number of nitrogens with one attached hydrogen (secondary N) is 3. The summed E-state index contributed by atoms with van der Waals surface area (Å²) in [6.45, 7) is 11.0. The van der Waals surface area contributed by atoms with Gasteiger partial charge in [0.1, 0.15) is 40.3 Å². The second kappa shape index (κ2) is 28.1. The number of aliphatic hydroxyl groups excluding tert-OH is 1. The predicted octanol–water partition coefficient (Wildman–Crippen LogP) is 8.67. The van der Waals surface area contributed by atoms with Crippen molar-refractivity contribution in [3.05, 3.63) is 181 Å². The normalized spacial score (nSPS) is 14.4. The number of rotatable bonds is 20. The molecule has 0 aromatic heterocycles. The van der Waals surface area contributed by atoms with Gasteiger partial charge in [0.2, 0.25) is 0 Å². The number of alkyl carbamates (subject to hydrolysis) is 2. The van der Waals surface area contributed by atoms with Gasteiger partial charge < -0.3 is 49.1 Å². The van der Waals surface area contributed by atoms with Gasteiger partial charge in [-0.1, -0.05) is 97.1 Å². The second-order valence-electron chi connectivity index (χ2n) is 19.1. The number of hydrogen-bond acceptors (Lipinski definition) is 14. The van der Waals surface area contributed by atoms with Gasteiger partial charge in [0.05, 0.1) is 55.3 Å². The van der Waals surface area contributed by atoms with Crippen LogP contribution in [-0.4, -0.2) is 101 Å². The summed E-state index contributed by atoms with van der Waals surface area (Å²) in [7, 11) is -4.95. The van der Waals surface area contributed by atoms with E-state index in [0.717, 1.165) is 16.5 Å². The number of hydrogen-bond donors (Lipinski definition) is 4. The molecule has 4 N–H and O–H groups in total. The quantitative estimate of drug-likeness (QED) is 0.0414. The fourth-order valence-corrected chi connectivity index (χ4v) is 8.87. The number of aliphatic hydroxyl groups is 1. The van der Waals surface area contributed by atoms with Crippen molar-refractivity contribution < 1.29 is 64.9 Å². The molecule has 408 valence electrons. The largest absolute Gasteiger partial charge is 0.497 e. The Morgan fingerprint density at radius 1 is 0.592 bits per heavy atom. The van der Waals surface area contributed by atoms with Crippen molar-refractivity contribution in [2.75, 3.05) is 27.4 Å². The molecule has 0 aliphatic carbocycles. The molecule has 4 atom stereocenters. The molecule has 6 aromatic rings. The summed E-state index contributed by atoms with van der Waals surface area (Å²) < 4.78 is 77.8. The van der Waals surface area contributed by atoms with Crippen molar-refractivity contribution in [1.82, 2.24) is 20.0 Å². The Kier molecular flexibility index (Phi) is 22.0. The summed E-state index contributed by atoms with van der Waals surface area (Å²) in [4.78, 5) is 37.3. The minimum absolute atomic E-state index is 0.0303.